The van der Waals surface area contributed by atoms with E-state index in [1.807, 2.05) is 6.07 Å². The average molecular weight is 381 g/mol. The van der Waals surface area contributed by atoms with Crippen LogP contribution in [0.4, 0.5) is 4.39 Å². The Balaban J connectivity index is 1.93. The van der Waals surface area contributed by atoms with Crippen molar-refractivity contribution in [1.82, 2.24) is 5.43 Å². The summed E-state index contributed by atoms with van der Waals surface area (Å²) in [4.78, 5) is 11.7. The molecule has 0 saturated heterocycles. The number of nitrogens with one attached hydrogen (secondary N) is 1. The molecule has 2 rings (SSSR count). The highest BCUT2D eigenvalue weighted by Gasteiger charge is 2.08. The maximum Gasteiger partial charge on any atom is 0.277 e. The molecule has 5 nitrogen and oxygen atoms in total. The monoisotopic (exact) mass is 380 g/mol. The summed E-state index contributed by atoms with van der Waals surface area (Å²) in [6.07, 6.45) is 0. The summed E-state index contributed by atoms with van der Waals surface area (Å²) in [7, 11) is 0. The summed E-state index contributed by atoms with van der Waals surface area (Å²) in [5.41, 5.74) is 2.77. The predicted octanol–water partition coefficient (Wildman–Crippen LogP) is 3.21. The van der Waals surface area contributed by atoms with E-state index in [2.05, 4.69) is 26.5 Å². The first-order valence-corrected chi connectivity index (χ1v) is 7.45. The molecule has 0 radical (unpaired) electrons. The Morgan fingerprint density at radius 3 is 2.87 bits per heavy atom. The van der Waals surface area contributed by atoms with Gasteiger partial charge in [-0.1, -0.05) is 22.0 Å². The molecule has 2 aromatic rings. The molecule has 0 heterocycles. The SMILES string of the molecule is C/C(=N\NC(=O)COc1cccc(Br)c1)c1cc(F)ccc1O. The molecule has 23 heavy (non-hydrogen) atoms. The van der Waals surface area contributed by atoms with Crippen LogP contribution in [-0.2, 0) is 4.79 Å². The number of phenolic OH excluding ortho intramolecular Hbond substituents is 1. The van der Waals surface area contributed by atoms with Crippen LogP contribution in [0, 0.1) is 5.82 Å². The van der Waals surface area contributed by atoms with Gasteiger partial charge >= 0.3 is 0 Å². The summed E-state index contributed by atoms with van der Waals surface area (Å²) in [6, 6.07) is 10.6. The van der Waals surface area contributed by atoms with E-state index in [4.69, 9.17) is 4.74 Å². The van der Waals surface area contributed by atoms with Crippen LogP contribution in [0.15, 0.2) is 52.0 Å². The molecule has 120 valence electrons. The Morgan fingerprint density at radius 1 is 1.35 bits per heavy atom. The van der Waals surface area contributed by atoms with Crippen molar-refractivity contribution in [1.29, 1.82) is 0 Å². The van der Waals surface area contributed by atoms with Crippen LogP contribution < -0.4 is 10.2 Å². The zero-order valence-corrected chi connectivity index (χ0v) is 13.8. The fraction of sp³-hybridized carbons (Fsp3) is 0.125. The Hall–Kier alpha value is -2.41. The van der Waals surface area contributed by atoms with Gasteiger partial charge in [0.15, 0.2) is 6.61 Å². The fourth-order valence-electron chi connectivity index (χ4n) is 1.74. The number of benzene rings is 2. The maximum atomic E-state index is 13.2. The van der Waals surface area contributed by atoms with E-state index in [0.717, 1.165) is 16.6 Å². The van der Waals surface area contributed by atoms with Gasteiger partial charge in [-0.15, -0.1) is 0 Å². The fourth-order valence-corrected chi connectivity index (χ4v) is 2.12. The summed E-state index contributed by atoms with van der Waals surface area (Å²) in [5.74, 6) is -0.554. The van der Waals surface area contributed by atoms with Crippen molar-refractivity contribution in [3.8, 4) is 11.5 Å². The highest BCUT2D eigenvalue weighted by Crippen LogP contribution is 2.19. The number of halogens is 2. The standard InChI is InChI=1S/C16H14BrFN2O3/c1-10(14-8-12(18)5-6-15(14)21)19-20-16(22)9-23-13-4-2-3-11(17)7-13/h2-8,21H,9H2,1H3,(H,20,22)/b19-10+. The summed E-state index contributed by atoms with van der Waals surface area (Å²) < 4.78 is 19.3. The minimum absolute atomic E-state index is 0.118. The third-order valence-corrected chi connectivity index (χ3v) is 3.36. The van der Waals surface area contributed by atoms with Crippen molar-refractivity contribution in [2.75, 3.05) is 6.61 Å². The first-order chi connectivity index (χ1) is 11.0. The van der Waals surface area contributed by atoms with Gasteiger partial charge in [0.05, 0.1) is 5.71 Å². The number of amides is 1. The number of carbonyl (C=O) groups is 1. The van der Waals surface area contributed by atoms with E-state index in [0.29, 0.717) is 5.75 Å². The Morgan fingerprint density at radius 2 is 2.13 bits per heavy atom. The zero-order chi connectivity index (χ0) is 16.8. The molecule has 1 amide bonds. The van der Waals surface area contributed by atoms with Crippen LogP contribution >= 0.6 is 15.9 Å². The number of hydrazone groups is 1. The normalized spacial score (nSPS) is 11.2. The number of aromatic hydroxyl groups is 1. The lowest BCUT2D eigenvalue weighted by Gasteiger charge is -2.07. The van der Waals surface area contributed by atoms with Crippen molar-refractivity contribution < 1.29 is 19.0 Å². The lowest BCUT2D eigenvalue weighted by molar-refractivity contribution is -0.123. The number of carbonyl (C=O) groups excluding carboxylic acids is 1. The molecule has 0 spiro atoms. The van der Waals surface area contributed by atoms with Crippen molar-refractivity contribution >= 4 is 27.5 Å². The van der Waals surface area contributed by atoms with E-state index in [1.165, 1.54) is 6.07 Å². The van der Waals surface area contributed by atoms with Crippen molar-refractivity contribution in [3.63, 3.8) is 0 Å². The largest absolute Gasteiger partial charge is 0.507 e. The Bertz CT molecular complexity index is 750. The van der Waals surface area contributed by atoms with E-state index in [9.17, 15) is 14.3 Å². The minimum Gasteiger partial charge on any atom is -0.507 e. The van der Waals surface area contributed by atoms with Gasteiger partial charge < -0.3 is 9.84 Å². The van der Waals surface area contributed by atoms with Gasteiger partial charge in [-0.2, -0.15) is 5.10 Å². The number of phenols is 1. The number of hydrogen-bond acceptors (Lipinski definition) is 4. The third kappa shape index (κ3) is 5.07. The molecule has 0 fully saturated rings. The van der Waals surface area contributed by atoms with Gasteiger partial charge in [0, 0.05) is 10.0 Å². The van der Waals surface area contributed by atoms with Crippen molar-refractivity contribution in [3.05, 3.63) is 58.3 Å². The quantitative estimate of drug-likeness (QED) is 0.617. The molecule has 0 aliphatic rings. The molecule has 0 saturated carbocycles. The molecule has 2 N–H and O–H groups in total. The van der Waals surface area contributed by atoms with E-state index in [1.54, 1.807) is 25.1 Å². The smallest absolute Gasteiger partial charge is 0.277 e. The highest BCUT2D eigenvalue weighted by atomic mass is 79.9. The Kier molecular flexibility index (Phi) is 5.70. The number of rotatable bonds is 5. The van der Waals surface area contributed by atoms with Crippen molar-refractivity contribution in [2.45, 2.75) is 6.92 Å². The molecule has 2 aromatic carbocycles. The minimum atomic E-state index is -0.503. The molecular formula is C16H14BrFN2O3. The first kappa shape index (κ1) is 17.0. The average Bonchev–Trinajstić information content (AvgIpc) is 2.53. The zero-order valence-electron chi connectivity index (χ0n) is 12.2. The van der Waals surface area contributed by atoms with Crippen LogP contribution in [0.2, 0.25) is 0 Å². The van der Waals surface area contributed by atoms with Gasteiger partial charge in [0.25, 0.3) is 5.91 Å². The molecule has 0 unspecified atom stereocenters. The first-order valence-electron chi connectivity index (χ1n) is 6.66. The molecule has 0 aromatic heterocycles. The molecule has 0 aliphatic heterocycles. The summed E-state index contributed by atoms with van der Waals surface area (Å²) in [6.45, 7) is 1.33. The topological polar surface area (TPSA) is 70.9 Å². The lowest BCUT2D eigenvalue weighted by Crippen LogP contribution is -2.25. The number of hydrogen-bond donors (Lipinski definition) is 2. The van der Waals surface area contributed by atoms with E-state index >= 15 is 0 Å². The second kappa shape index (κ2) is 7.73. The van der Waals surface area contributed by atoms with Crippen LogP contribution in [0.1, 0.15) is 12.5 Å². The van der Waals surface area contributed by atoms with Gasteiger partial charge in [-0.05, 0) is 43.3 Å². The molecular weight excluding hydrogens is 367 g/mol. The van der Waals surface area contributed by atoms with Crippen LogP contribution in [0.5, 0.6) is 11.5 Å². The Labute approximate surface area is 140 Å². The van der Waals surface area contributed by atoms with Gasteiger partial charge in [-0.3, -0.25) is 4.79 Å². The van der Waals surface area contributed by atoms with E-state index in [-0.39, 0.29) is 23.6 Å². The predicted molar refractivity (Wildman–Crippen MR) is 88.1 cm³/mol. The van der Waals surface area contributed by atoms with Crippen molar-refractivity contribution in [2.24, 2.45) is 5.10 Å². The van der Waals surface area contributed by atoms with Gasteiger partial charge in [-0.25, -0.2) is 9.82 Å². The molecule has 0 aliphatic carbocycles. The lowest BCUT2D eigenvalue weighted by atomic mass is 10.1. The van der Waals surface area contributed by atoms with Gasteiger partial charge in [0.2, 0.25) is 0 Å². The summed E-state index contributed by atoms with van der Waals surface area (Å²) >= 11 is 3.30. The molecule has 0 bridgehead atoms. The van der Waals surface area contributed by atoms with E-state index < -0.39 is 11.7 Å². The van der Waals surface area contributed by atoms with Crippen LogP contribution in [-0.4, -0.2) is 23.3 Å². The highest BCUT2D eigenvalue weighted by molar-refractivity contribution is 9.10. The number of nitrogens with zero attached hydrogens (tertiary/aromatic N) is 1. The summed E-state index contributed by atoms with van der Waals surface area (Å²) in [5, 5.41) is 13.5. The van der Waals surface area contributed by atoms with Crippen LogP contribution in [0.25, 0.3) is 0 Å². The molecule has 0 atom stereocenters. The third-order valence-electron chi connectivity index (χ3n) is 2.86. The van der Waals surface area contributed by atoms with Gasteiger partial charge in [0.1, 0.15) is 17.3 Å². The van der Waals surface area contributed by atoms with Crippen LogP contribution in [0.3, 0.4) is 0 Å². The second-order valence-corrected chi connectivity index (χ2v) is 5.56. The molecule has 7 heteroatoms. The number of ether oxygens (including phenoxy) is 1. The maximum absolute atomic E-state index is 13.2. The second-order valence-electron chi connectivity index (χ2n) is 4.64.